The second-order valence-corrected chi connectivity index (χ2v) is 8.10. The van der Waals surface area contributed by atoms with Gasteiger partial charge in [0.1, 0.15) is 23.4 Å². The molecule has 0 saturated heterocycles. The van der Waals surface area contributed by atoms with Crippen LogP contribution >= 0.6 is 0 Å². The largest absolute Gasteiger partial charge is 0.438 e. The SMILES string of the molecule is Cc1cccc(C(=O)NC(C(=O)Nc2ccc(Oc3ncccc3C#N)cc2C)C(C)C)c1. The van der Waals surface area contributed by atoms with Gasteiger partial charge >= 0.3 is 0 Å². The monoisotopic (exact) mass is 442 g/mol. The molecule has 0 spiro atoms. The van der Waals surface area contributed by atoms with Crippen molar-refractivity contribution < 1.29 is 14.3 Å². The van der Waals surface area contributed by atoms with Crippen molar-refractivity contribution in [1.82, 2.24) is 10.3 Å². The zero-order chi connectivity index (χ0) is 24.0. The third-order valence-corrected chi connectivity index (χ3v) is 5.08. The van der Waals surface area contributed by atoms with E-state index in [1.807, 2.05) is 45.9 Å². The summed E-state index contributed by atoms with van der Waals surface area (Å²) in [5.41, 5.74) is 3.18. The fourth-order valence-corrected chi connectivity index (χ4v) is 3.27. The molecule has 0 aliphatic carbocycles. The van der Waals surface area contributed by atoms with Crippen molar-refractivity contribution in [2.45, 2.75) is 33.7 Å². The van der Waals surface area contributed by atoms with Gasteiger partial charge in [0, 0.05) is 17.4 Å². The van der Waals surface area contributed by atoms with Gasteiger partial charge in [-0.15, -0.1) is 0 Å². The summed E-state index contributed by atoms with van der Waals surface area (Å²) < 4.78 is 5.73. The van der Waals surface area contributed by atoms with Gasteiger partial charge in [-0.05, 0) is 67.8 Å². The fourth-order valence-electron chi connectivity index (χ4n) is 3.27. The van der Waals surface area contributed by atoms with Crippen LogP contribution in [0.2, 0.25) is 0 Å². The molecule has 0 aliphatic rings. The first-order valence-electron chi connectivity index (χ1n) is 10.6. The number of hydrogen-bond donors (Lipinski definition) is 2. The summed E-state index contributed by atoms with van der Waals surface area (Å²) in [6.07, 6.45) is 1.55. The Balaban J connectivity index is 1.72. The first-order chi connectivity index (χ1) is 15.8. The normalized spacial score (nSPS) is 11.4. The molecule has 1 heterocycles. The number of amides is 2. The van der Waals surface area contributed by atoms with Crippen LogP contribution < -0.4 is 15.4 Å². The van der Waals surface area contributed by atoms with Crippen LogP contribution in [0.3, 0.4) is 0 Å². The van der Waals surface area contributed by atoms with Gasteiger partial charge in [0.05, 0.1) is 0 Å². The van der Waals surface area contributed by atoms with E-state index in [9.17, 15) is 14.9 Å². The molecule has 2 aromatic carbocycles. The van der Waals surface area contributed by atoms with Crippen molar-refractivity contribution in [2.75, 3.05) is 5.32 Å². The molecule has 7 nitrogen and oxygen atoms in total. The maximum atomic E-state index is 13.0. The lowest BCUT2D eigenvalue weighted by Gasteiger charge is -2.22. The molecular weight excluding hydrogens is 416 g/mol. The number of hydrogen-bond acceptors (Lipinski definition) is 5. The fraction of sp³-hybridized carbons (Fsp3) is 0.231. The Kier molecular flexibility index (Phi) is 7.42. The van der Waals surface area contributed by atoms with Gasteiger partial charge in [-0.25, -0.2) is 4.98 Å². The van der Waals surface area contributed by atoms with Crippen molar-refractivity contribution in [3.05, 3.63) is 83.0 Å². The second-order valence-electron chi connectivity index (χ2n) is 8.10. The van der Waals surface area contributed by atoms with Gasteiger partial charge in [-0.2, -0.15) is 5.26 Å². The zero-order valence-corrected chi connectivity index (χ0v) is 19.0. The number of anilines is 1. The lowest BCUT2D eigenvalue weighted by molar-refractivity contribution is -0.118. The molecule has 3 rings (SSSR count). The summed E-state index contributed by atoms with van der Waals surface area (Å²) in [6, 6.07) is 17.0. The molecule has 0 bridgehead atoms. The summed E-state index contributed by atoms with van der Waals surface area (Å²) in [4.78, 5) is 29.8. The van der Waals surface area contributed by atoms with Crippen LogP contribution in [0.1, 0.15) is 40.9 Å². The smallest absolute Gasteiger partial charge is 0.251 e. The first-order valence-corrected chi connectivity index (χ1v) is 10.6. The van der Waals surface area contributed by atoms with Crippen LogP contribution in [0.5, 0.6) is 11.6 Å². The number of carbonyl (C=O) groups excluding carboxylic acids is 2. The Hall–Kier alpha value is -4.18. The summed E-state index contributed by atoms with van der Waals surface area (Å²) in [5, 5.41) is 14.9. The average Bonchev–Trinajstić information content (AvgIpc) is 2.79. The number of rotatable bonds is 7. The number of nitrogens with one attached hydrogen (secondary N) is 2. The van der Waals surface area contributed by atoms with Gasteiger partial charge in [0.15, 0.2) is 0 Å². The van der Waals surface area contributed by atoms with E-state index in [0.717, 1.165) is 11.1 Å². The standard InChI is InChI=1S/C26H26N4O3/c1-16(2)23(30-24(31)19-8-5-7-17(3)13-19)25(32)29-22-11-10-21(14-18(22)4)33-26-20(15-27)9-6-12-28-26/h5-14,16,23H,1-4H3,(H,29,32)(H,30,31). The lowest BCUT2D eigenvalue weighted by atomic mass is 10.0. The number of pyridine rings is 1. The number of ether oxygens (including phenoxy) is 1. The highest BCUT2D eigenvalue weighted by atomic mass is 16.5. The summed E-state index contributed by atoms with van der Waals surface area (Å²) in [6.45, 7) is 7.50. The molecule has 33 heavy (non-hydrogen) atoms. The van der Waals surface area contributed by atoms with Crippen LogP contribution in [0, 0.1) is 31.1 Å². The van der Waals surface area contributed by atoms with E-state index >= 15 is 0 Å². The van der Waals surface area contributed by atoms with Crippen LogP contribution in [0.4, 0.5) is 5.69 Å². The van der Waals surface area contributed by atoms with Crippen LogP contribution in [-0.2, 0) is 4.79 Å². The number of aromatic nitrogens is 1. The van der Waals surface area contributed by atoms with Crippen LogP contribution in [0.15, 0.2) is 60.8 Å². The van der Waals surface area contributed by atoms with Crippen molar-refractivity contribution in [2.24, 2.45) is 5.92 Å². The molecule has 168 valence electrons. The van der Waals surface area contributed by atoms with Gasteiger partial charge in [0.25, 0.3) is 5.91 Å². The van der Waals surface area contributed by atoms with Crippen LogP contribution in [0.25, 0.3) is 0 Å². The van der Waals surface area contributed by atoms with Crippen molar-refractivity contribution in [3.8, 4) is 17.7 Å². The Labute approximate surface area is 193 Å². The third kappa shape index (κ3) is 5.95. The lowest BCUT2D eigenvalue weighted by Crippen LogP contribution is -2.47. The van der Waals surface area contributed by atoms with Gasteiger partial charge in [0.2, 0.25) is 11.8 Å². The Morgan fingerprint density at radius 1 is 1.06 bits per heavy atom. The maximum Gasteiger partial charge on any atom is 0.251 e. The van der Waals surface area contributed by atoms with Gasteiger partial charge in [-0.1, -0.05) is 31.5 Å². The number of aryl methyl sites for hydroxylation is 2. The van der Waals surface area contributed by atoms with E-state index in [-0.39, 0.29) is 23.6 Å². The summed E-state index contributed by atoms with van der Waals surface area (Å²) in [5.74, 6) is -0.00468. The molecule has 7 heteroatoms. The number of nitriles is 1. The Morgan fingerprint density at radius 2 is 1.85 bits per heavy atom. The van der Waals surface area contributed by atoms with Crippen molar-refractivity contribution in [3.63, 3.8) is 0 Å². The maximum absolute atomic E-state index is 13.0. The third-order valence-electron chi connectivity index (χ3n) is 5.08. The van der Waals surface area contributed by atoms with E-state index in [1.165, 1.54) is 0 Å². The molecule has 2 N–H and O–H groups in total. The minimum Gasteiger partial charge on any atom is -0.438 e. The summed E-state index contributed by atoms with van der Waals surface area (Å²) >= 11 is 0. The van der Waals surface area contributed by atoms with Crippen molar-refractivity contribution in [1.29, 1.82) is 5.26 Å². The summed E-state index contributed by atoms with van der Waals surface area (Å²) in [7, 11) is 0. The topological polar surface area (TPSA) is 104 Å². The molecule has 0 aliphatic heterocycles. The molecule has 0 fully saturated rings. The Morgan fingerprint density at radius 3 is 2.52 bits per heavy atom. The molecule has 1 unspecified atom stereocenters. The molecule has 1 atom stereocenters. The number of benzene rings is 2. The molecule has 3 aromatic rings. The molecule has 1 aromatic heterocycles. The van der Waals surface area contributed by atoms with Gasteiger partial charge < -0.3 is 15.4 Å². The highest BCUT2D eigenvalue weighted by molar-refractivity contribution is 6.01. The quantitative estimate of drug-likeness (QED) is 0.549. The average molecular weight is 443 g/mol. The molecule has 2 amide bonds. The van der Waals surface area contributed by atoms with E-state index < -0.39 is 6.04 Å². The number of nitrogens with zero attached hydrogens (tertiary/aromatic N) is 2. The molecule has 0 saturated carbocycles. The highest BCUT2D eigenvalue weighted by Crippen LogP contribution is 2.27. The van der Waals surface area contributed by atoms with Crippen LogP contribution in [-0.4, -0.2) is 22.8 Å². The van der Waals surface area contributed by atoms with E-state index in [0.29, 0.717) is 22.6 Å². The molecular formula is C26H26N4O3. The van der Waals surface area contributed by atoms with Gasteiger partial charge in [-0.3, -0.25) is 9.59 Å². The predicted molar refractivity (Wildman–Crippen MR) is 126 cm³/mol. The first kappa shape index (κ1) is 23.5. The minimum atomic E-state index is -0.708. The molecule has 0 radical (unpaired) electrons. The van der Waals surface area contributed by atoms with E-state index in [1.54, 1.807) is 48.7 Å². The van der Waals surface area contributed by atoms with Crippen molar-refractivity contribution >= 4 is 17.5 Å². The minimum absolute atomic E-state index is 0.116. The Bertz CT molecular complexity index is 1210. The van der Waals surface area contributed by atoms with E-state index in [2.05, 4.69) is 15.6 Å². The number of carbonyl (C=O) groups is 2. The predicted octanol–water partition coefficient (Wildman–Crippen LogP) is 4.76. The highest BCUT2D eigenvalue weighted by Gasteiger charge is 2.25. The second kappa shape index (κ2) is 10.4. The zero-order valence-electron chi connectivity index (χ0n) is 19.0. The van der Waals surface area contributed by atoms with E-state index in [4.69, 9.17) is 4.74 Å².